The van der Waals surface area contributed by atoms with E-state index in [0.717, 1.165) is 17.2 Å². The van der Waals surface area contributed by atoms with Crippen LogP contribution in [0, 0.1) is 0 Å². The van der Waals surface area contributed by atoms with Gasteiger partial charge in [-0.05, 0) is 30.3 Å². The molecule has 0 aliphatic heterocycles. The van der Waals surface area contributed by atoms with Gasteiger partial charge in [0.1, 0.15) is 5.75 Å². The summed E-state index contributed by atoms with van der Waals surface area (Å²) in [4.78, 5) is 19.2. The van der Waals surface area contributed by atoms with Gasteiger partial charge in [0.15, 0.2) is 6.29 Å². The average Bonchev–Trinajstić information content (AvgIpc) is 2.48. The Morgan fingerprint density at radius 2 is 1.84 bits per heavy atom. The maximum absolute atomic E-state index is 10.9. The van der Waals surface area contributed by atoms with E-state index in [1.165, 1.54) is 0 Å². The molecule has 0 amide bonds. The fourth-order valence-corrected chi connectivity index (χ4v) is 1.80. The Bertz CT molecular complexity index is 741. The first-order valence-electron chi connectivity index (χ1n) is 5.79. The van der Waals surface area contributed by atoms with Crippen molar-refractivity contribution in [3.63, 3.8) is 0 Å². The number of ether oxygens (including phenoxy) is 1. The SMILES string of the molecule is O=Cc1cccnc1Oc1ccc2cccnc2c1. The highest BCUT2D eigenvalue weighted by Crippen LogP contribution is 2.24. The monoisotopic (exact) mass is 250 g/mol. The molecule has 0 aliphatic rings. The maximum Gasteiger partial charge on any atom is 0.229 e. The minimum atomic E-state index is 0.299. The molecule has 1 aromatic carbocycles. The molecule has 0 saturated heterocycles. The molecule has 3 aromatic rings. The van der Waals surface area contributed by atoms with Gasteiger partial charge < -0.3 is 4.74 Å². The lowest BCUT2D eigenvalue weighted by Gasteiger charge is -2.07. The van der Waals surface area contributed by atoms with Crippen molar-refractivity contribution >= 4 is 17.2 Å². The Labute approximate surface area is 109 Å². The summed E-state index contributed by atoms with van der Waals surface area (Å²) in [5.41, 5.74) is 1.26. The molecular formula is C15H10N2O2. The molecule has 4 nitrogen and oxygen atoms in total. The van der Waals surface area contributed by atoms with E-state index in [9.17, 15) is 4.79 Å². The molecule has 0 unspecified atom stereocenters. The van der Waals surface area contributed by atoms with Crippen LogP contribution in [0.1, 0.15) is 10.4 Å². The third kappa shape index (κ3) is 2.28. The summed E-state index contributed by atoms with van der Waals surface area (Å²) in [5.74, 6) is 0.904. The lowest BCUT2D eigenvalue weighted by molar-refractivity contribution is 0.112. The summed E-state index contributed by atoms with van der Waals surface area (Å²) >= 11 is 0. The zero-order valence-corrected chi connectivity index (χ0v) is 9.98. The third-order valence-corrected chi connectivity index (χ3v) is 2.72. The van der Waals surface area contributed by atoms with Crippen LogP contribution in [0.15, 0.2) is 54.9 Å². The minimum absolute atomic E-state index is 0.299. The second kappa shape index (κ2) is 4.86. The summed E-state index contributed by atoms with van der Waals surface area (Å²) in [6, 6.07) is 12.8. The number of carbonyl (C=O) groups is 1. The molecule has 0 fully saturated rings. The Morgan fingerprint density at radius 1 is 1.00 bits per heavy atom. The largest absolute Gasteiger partial charge is 0.438 e. The van der Waals surface area contributed by atoms with Crippen molar-refractivity contribution in [2.24, 2.45) is 0 Å². The Hall–Kier alpha value is -2.75. The van der Waals surface area contributed by atoms with Gasteiger partial charge in [-0.2, -0.15) is 0 Å². The predicted octanol–water partition coefficient (Wildman–Crippen LogP) is 3.23. The van der Waals surface area contributed by atoms with Gasteiger partial charge in [0, 0.05) is 23.8 Å². The zero-order valence-electron chi connectivity index (χ0n) is 9.98. The van der Waals surface area contributed by atoms with Crippen molar-refractivity contribution in [1.29, 1.82) is 0 Å². The Kier molecular flexibility index (Phi) is 2.90. The topological polar surface area (TPSA) is 52.1 Å². The van der Waals surface area contributed by atoms with E-state index >= 15 is 0 Å². The molecule has 19 heavy (non-hydrogen) atoms. The Morgan fingerprint density at radius 3 is 2.74 bits per heavy atom. The second-order valence-corrected chi connectivity index (χ2v) is 3.98. The first-order chi connectivity index (χ1) is 9.36. The normalized spacial score (nSPS) is 10.3. The molecule has 0 N–H and O–H groups in total. The van der Waals surface area contributed by atoms with Crippen LogP contribution in [0.25, 0.3) is 10.9 Å². The van der Waals surface area contributed by atoms with Gasteiger partial charge in [0.25, 0.3) is 0 Å². The maximum atomic E-state index is 10.9. The van der Waals surface area contributed by atoms with Gasteiger partial charge in [-0.3, -0.25) is 9.78 Å². The first-order valence-corrected chi connectivity index (χ1v) is 5.79. The smallest absolute Gasteiger partial charge is 0.229 e. The molecule has 3 rings (SSSR count). The summed E-state index contributed by atoms with van der Waals surface area (Å²) < 4.78 is 5.63. The first kappa shape index (κ1) is 11.3. The van der Waals surface area contributed by atoms with Crippen LogP contribution in [0.2, 0.25) is 0 Å². The minimum Gasteiger partial charge on any atom is -0.438 e. The van der Waals surface area contributed by atoms with Crippen LogP contribution >= 0.6 is 0 Å². The number of pyridine rings is 2. The number of rotatable bonds is 3. The number of hydrogen-bond donors (Lipinski definition) is 0. The molecule has 2 heterocycles. The predicted molar refractivity (Wildman–Crippen MR) is 71.4 cm³/mol. The van der Waals surface area contributed by atoms with Crippen LogP contribution in [-0.4, -0.2) is 16.3 Å². The number of fused-ring (bicyclic) bond motifs is 1. The molecule has 0 saturated carbocycles. The van der Waals surface area contributed by atoms with Crippen LogP contribution in [-0.2, 0) is 0 Å². The molecule has 92 valence electrons. The van der Waals surface area contributed by atoms with Crippen LogP contribution in [0.5, 0.6) is 11.6 Å². The standard InChI is InChI=1S/C15H10N2O2/c18-10-12-4-2-8-17-15(12)19-13-6-5-11-3-1-7-16-14(11)9-13/h1-10H. The average molecular weight is 250 g/mol. The second-order valence-electron chi connectivity index (χ2n) is 3.98. The van der Waals surface area contributed by atoms with E-state index in [1.807, 2.05) is 30.3 Å². The highest BCUT2D eigenvalue weighted by Gasteiger charge is 2.05. The van der Waals surface area contributed by atoms with Crippen molar-refractivity contribution in [1.82, 2.24) is 9.97 Å². The van der Waals surface area contributed by atoms with Gasteiger partial charge in [-0.1, -0.05) is 6.07 Å². The van der Waals surface area contributed by atoms with E-state index in [-0.39, 0.29) is 0 Å². The molecular weight excluding hydrogens is 240 g/mol. The highest BCUT2D eigenvalue weighted by molar-refractivity contribution is 5.80. The van der Waals surface area contributed by atoms with E-state index in [2.05, 4.69) is 9.97 Å². The Balaban J connectivity index is 1.99. The summed E-state index contributed by atoms with van der Waals surface area (Å²) in [7, 11) is 0. The summed E-state index contributed by atoms with van der Waals surface area (Å²) in [6.45, 7) is 0. The van der Waals surface area contributed by atoms with Crippen LogP contribution in [0.4, 0.5) is 0 Å². The highest BCUT2D eigenvalue weighted by atomic mass is 16.5. The molecule has 0 atom stereocenters. The molecule has 2 aromatic heterocycles. The van der Waals surface area contributed by atoms with Crippen LogP contribution in [0.3, 0.4) is 0 Å². The number of aromatic nitrogens is 2. The molecule has 0 radical (unpaired) electrons. The van der Waals surface area contributed by atoms with Gasteiger partial charge in [-0.15, -0.1) is 0 Å². The number of aldehydes is 1. The van der Waals surface area contributed by atoms with E-state index in [4.69, 9.17) is 4.74 Å². The number of hydrogen-bond acceptors (Lipinski definition) is 4. The van der Waals surface area contributed by atoms with Crippen molar-refractivity contribution in [2.45, 2.75) is 0 Å². The van der Waals surface area contributed by atoms with Crippen molar-refractivity contribution in [3.8, 4) is 11.6 Å². The lowest BCUT2D eigenvalue weighted by atomic mass is 10.2. The summed E-state index contributed by atoms with van der Waals surface area (Å²) in [6.07, 6.45) is 4.03. The van der Waals surface area contributed by atoms with Gasteiger partial charge in [0.2, 0.25) is 5.88 Å². The van der Waals surface area contributed by atoms with E-state index < -0.39 is 0 Å². The van der Waals surface area contributed by atoms with Gasteiger partial charge in [-0.25, -0.2) is 4.98 Å². The number of carbonyl (C=O) groups excluding carboxylic acids is 1. The van der Waals surface area contributed by atoms with Gasteiger partial charge in [0.05, 0.1) is 11.1 Å². The van der Waals surface area contributed by atoms with E-state index in [1.54, 1.807) is 24.5 Å². The van der Waals surface area contributed by atoms with Crippen molar-refractivity contribution in [3.05, 3.63) is 60.4 Å². The summed E-state index contributed by atoms with van der Waals surface area (Å²) in [5, 5.41) is 1.03. The van der Waals surface area contributed by atoms with E-state index in [0.29, 0.717) is 17.2 Å². The number of benzene rings is 1. The molecule has 0 bridgehead atoms. The third-order valence-electron chi connectivity index (χ3n) is 2.72. The molecule has 0 aliphatic carbocycles. The van der Waals surface area contributed by atoms with Gasteiger partial charge >= 0.3 is 0 Å². The van der Waals surface area contributed by atoms with Crippen LogP contribution < -0.4 is 4.74 Å². The fourth-order valence-electron chi connectivity index (χ4n) is 1.80. The molecule has 0 spiro atoms. The zero-order chi connectivity index (χ0) is 13.1. The van der Waals surface area contributed by atoms with Crippen molar-refractivity contribution in [2.75, 3.05) is 0 Å². The lowest BCUT2D eigenvalue weighted by Crippen LogP contribution is -1.93. The number of nitrogens with zero attached hydrogens (tertiary/aromatic N) is 2. The quantitative estimate of drug-likeness (QED) is 0.669. The fraction of sp³-hybridized carbons (Fsp3) is 0. The molecule has 4 heteroatoms. The van der Waals surface area contributed by atoms with Crippen molar-refractivity contribution < 1.29 is 9.53 Å².